The standard InChI is InChI=1S/C17H21N5OS/c1-10-6-5-7-12-11(2)8-17(3,4)22(14(10)12)13(23)9-24-16-19-15(18)20-21-16/h5-8H,9H2,1-4H3,(H3,18,19,20,21). The van der Waals surface area contributed by atoms with E-state index in [4.69, 9.17) is 5.73 Å². The topological polar surface area (TPSA) is 87.9 Å². The number of hydrogen-bond donors (Lipinski definition) is 2. The molecule has 0 fully saturated rings. The van der Waals surface area contributed by atoms with E-state index in [0.29, 0.717) is 5.16 Å². The van der Waals surface area contributed by atoms with Gasteiger partial charge in [-0.3, -0.25) is 4.79 Å². The molecule has 7 heteroatoms. The number of aryl methyl sites for hydroxylation is 1. The number of anilines is 2. The molecule has 3 N–H and O–H groups in total. The maximum atomic E-state index is 13.0. The molecule has 126 valence electrons. The van der Waals surface area contributed by atoms with Crippen molar-refractivity contribution in [2.75, 3.05) is 16.4 Å². The van der Waals surface area contributed by atoms with E-state index in [1.165, 1.54) is 17.3 Å². The summed E-state index contributed by atoms with van der Waals surface area (Å²) in [5, 5.41) is 7.02. The number of benzene rings is 1. The molecule has 0 radical (unpaired) electrons. The van der Waals surface area contributed by atoms with E-state index in [-0.39, 0.29) is 17.6 Å². The lowest BCUT2D eigenvalue weighted by atomic mass is 9.87. The number of nitrogens with one attached hydrogen (secondary N) is 1. The lowest BCUT2D eigenvalue weighted by molar-refractivity contribution is -0.116. The van der Waals surface area contributed by atoms with Crippen LogP contribution in [0.5, 0.6) is 0 Å². The van der Waals surface area contributed by atoms with E-state index in [2.05, 4.69) is 48.1 Å². The number of rotatable bonds is 3. The largest absolute Gasteiger partial charge is 0.368 e. The van der Waals surface area contributed by atoms with E-state index in [1.54, 1.807) is 0 Å². The Morgan fingerprint density at radius 3 is 2.79 bits per heavy atom. The van der Waals surface area contributed by atoms with Crippen molar-refractivity contribution in [3.8, 4) is 0 Å². The van der Waals surface area contributed by atoms with Crippen molar-refractivity contribution < 1.29 is 4.79 Å². The molecule has 2 heterocycles. The summed E-state index contributed by atoms with van der Waals surface area (Å²) >= 11 is 1.28. The van der Waals surface area contributed by atoms with Crippen LogP contribution in [0, 0.1) is 6.92 Å². The van der Waals surface area contributed by atoms with E-state index in [1.807, 2.05) is 24.0 Å². The van der Waals surface area contributed by atoms with E-state index < -0.39 is 5.54 Å². The molecule has 0 saturated carbocycles. The number of H-pyrrole nitrogens is 1. The van der Waals surface area contributed by atoms with Crippen molar-refractivity contribution in [3.63, 3.8) is 0 Å². The number of nitrogens with zero attached hydrogens (tertiary/aromatic N) is 3. The summed E-state index contributed by atoms with van der Waals surface area (Å²) in [6, 6.07) is 6.13. The summed E-state index contributed by atoms with van der Waals surface area (Å²) in [5.74, 6) is 0.525. The summed E-state index contributed by atoms with van der Waals surface area (Å²) in [4.78, 5) is 18.9. The fourth-order valence-corrected chi connectivity index (χ4v) is 3.85. The van der Waals surface area contributed by atoms with Crippen molar-refractivity contribution >= 4 is 34.9 Å². The van der Waals surface area contributed by atoms with Gasteiger partial charge in [-0.25, -0.2) is 5.10 Å². The van der Waals surface area contributed by atoms with Gasteiger partial charge < -0.3 is 10.6 Å². The van der Waals surface area contributed by atoms with Gasteiger partial charge >= 0.3 is 0 Å². The predicted molar refractivity (Wildman–Crippen MR) is 97.9 cm³/mol. The van der Waals surface area contributed by atoms with Crippen LogP contribution in [0.15, 0.2) is 29.4 Å². The van der Waals surface area contributed by atoms with Crippen LogP contribution in [-0.2, 0) is 4.79 Å². The second-order valence-corrected chi connectivity index (χ2v) is 7.42. The van der Waals surface area contributed by atoms with Crippen LogP contribution in [0.25, 0.3) is 5.57 Å². The van der Waals surface area contributed by atoms with Gasteiger partial charge in [-0.1, -0.05) is 36.0 Å². The third kappa shape index (κ3) is 2.91. The number of carbonyl (C=O) groups is 1. The molecular formula is C17H21N5OS. The number of carbonyl (C=O) groups excluding carboxylic acids is 1. The molecule has 0 unspecified atom stereocenters. The van der Waals surface area contributed by atoms with E-state index in [9.17, 15) is 4.79 Å². The molecule has 0 atom stereocenters. The maximum absolute atomic E-state index is 13.0. The number of para-hydroxylation sites is 1. The number of allylic oxidation sites excluding steroid dienone is 1. The van der Waals surface area contributed by atoms with Gasteiger partial charge in [0.1, 0.15) is 0 Å². The number of fused-ring (bicyclic) bond motifs is 1. The van der Waals surface area contributed by atoms with Crippen LogP contribution in [0.1, 0.15) is 31.9 Å². The molecule has 2 aromatic rings. The summed E-state index contributed by atoms with van der Waals surface area (Å²) < 4.78 is 0. The van der Waals surface area contributed by atoms with Crippen LogP contribution < -0.4 is 10.6 Å². The Morgan fingerprint density at radius 2 is 2.12 bits per heavy atom. The van der Waals surface area contributed by atoms with Crippen LogP contribution >= 0.6 is 11.8 Å². The number of aromatic nitrogens is 3. The molecule has 3 rings (SSSR count). The average Bonchev–Trinajstić information content (AvgIpc) is 2.91. The molecule has 0 saturated heterocycles. The molecular weight excluding hydrogens is 322 g/mol. The number of amides is 1. The molecule has 1 aromatic carbocycles. The van der Waals surface area contributed by atoms with Gasteiger partial charge in [0.05, 0.1) is 17.0 Å². The minimum absolute atomic E-state index is 0.0210. The van der Waals surface area contributed by atoms with Gasteiger partial charge in [-0.05, 0) is 38.8 Å². The van der Waals surface area contributed by atoms with Crippen LogP contribution in [-0.4, -0.2) is 32.4 Å². The van der Waals surface area contributed by atoms with Gasteiger partial charge in [-0.2, -0.15) is 4.98 Å². The summed E-state index contributed by atoms with van der Waals surface area (Å²) in [5.41, 5.74) is 9.51. The van der Waals surface area contributed by atoms with E-state index >= 15 is 0 Å². The molecule has 1 aliphatic rings. The highest BCUT2D eigenvalue weighted by molar-refractivity contribution is 7.99. The van der Waals surface area contributed by atoms with Crippen molar-refractivity contribution in [1.29, 1.82) is 0 Å². The molecule has 0 bridgehead atoms. The fourth-order valence-electron chi connectivity index (χ4n) is 3.19. The minimum Gasteiger partial charge on any atom is -0.368 e. The van der Waals surface area contributed by atoms with Gasteiger partial charge in [0.25, 0.3) is 0 Å². The Hall–Kier alpha value is -2.28. The first-order valence-corrected chi connectivity index (χ1v) is 8.71. The molecule has 1 aromatic heterocycles. The van der Waals surface area contributed by atoms with Crippen LogP contribution in [0.4, 0.5) is 11.6 Å². The van der Waals surface area contributed by atoms with Gasteiger partial charge in [-0.15, -0.1) is 5.10 Å². The molecule has 1 amide bonds. The van der Waals surface area contributed by atoms with Crippen LogP contribution in [0.2, 0.25) is 0 Å². The first kappa shape index (κ1) is 16.6. The number of aromatic amines is 1. The number of thioether (sulfide) groups is 1. The third-order valence-corrected chi connectivity index (χ3v) is 4.92. The minimum atomic E-state index is -0.390. The highest BCUT2D eigenvalue weighted by atomic mass is 32.2. The van der Waals surface area contributed by atoms with Gasteiger partial charge in [0.2, 0.25) is 17.0 Å². The van der Waals surface area contributed by atoms with Crippen molar-refractivity contribution in [3.05, 3.63) is 35.4 Å². The van der Waals surface area contributed by atoms with Gasteiger partial charge in [0.15, 0.2) is 0 Å². The summed E-state index contributed by atoms with van der Waals surface area (Å²) in [6.07, 6.45) is 2.14. The van der Waals surface area contributed by atoms with Crippen molar-refractivity contribution in [2.24, 2.45) is 0 Å². The zero-order chi connectivity index (χ0) is 17.5. The smallest absolute Gasteiger partial charge is 0.238 e. The molecule has 0 aliphatic carbocycles. The van der Waals surface area contributed by atoms with E-state index in [0.717, 1.165) is 16.8 Å². The van der Waals surface area contributed by atoms with Gasteiger partial charge in [0, 0.05) is 5.56 Å². The Kier molecular flexibility index (Phi) is 4.13. The quantitative estimate of drug-likeness (QED) is 0.837. The number of hydrogen-bond acceptors (Lipinski definition) is 5. The average molecular weight is 343 g/mol. The molecule has 24 heavy (non-hydrogen) atoms. The SMILES string of the molecule is CC1=CC(C)(C)N(C(=O)CSc2n[nH]c(N)n2)c2c(C)cccc21. The zero-order valence-corrected chi connectivity index (χ0v) is 15.1. The Balaban J connectivity index is 1.92. The fraction of sp³-hybridized carbons (Fsp3) is 0.353. The maximum Gasteiger partial charge on any atom is 0.238 e. The molecule has 0 spiro atoms. The number of nitrogens with two attached hydrogens (primary N) is 1. The monoisotopic (exact) mass is 343 g/mol. The first-order chi connectivity index (χ1) is 11.3. The predicted octanol–water partition coefficient (Wildman–Crippen LogP) is 3.02. The lowest BCUT2D eigenvalue weighted by Crippen LogP contribution is -2.50. The van der Waals surface area contributed by atoms with Crippen molar-refractivity contribution in [1.82, 2.24) is 15.2 Å². The molecule has 6 nitrogen and oxygen atoms in total. The zero-order valence-electron chi connectivity index (χ0n) is 14.3. The summed E-state index contributed by atoms with van der Waals surface area (Å²) in [6.45, 7) is 8.24. The summed E-state index contributed by atoms with van der Waals surface area (Å²) in [7, 11) is 0. The van der Waals surface area contributed by atoms with Crippen LogP contribution in [0.3, 0.4) is 0 Å². The first-order valence-electron chi connectivity index (χ1n) is 7.73. The Morgan fingerprint density at radius 1 is 1.38 bits per heavy atom. The Bertz CT molecular complexity index is 824. The Labute approximate surface area is 145 Å². The van der Waals surface area contributed by atoms with Crippen molar-refractivity contribution in [2.45, 2.75) is 38.4 Å². The highest BCUT2D eigenvalue weighted by Crippen LogP contribution is 2.41. The third-order valence-electron chi connectivity index (χ3n) is 4.09. The highest BCUT2D eigenvalue weighted by Gasteiger charge is 2.36. The molecule has 1 aliphatic heterocycles. The second kappa shape index (κ2) is 5.98. The lowest BCUT2D eigenvalue weighted by Gasteiger charge is -2.42. The number of nitrogen functional groups attached to an aromatic ring is 1. The second-order valence-electron chi connectivity index (χ2n) is 6.47. The normalized spacial score (nSPS) is 15.8.